The van der Waals surface area contributed by atoms with E-state index in [1.54, 1.807) is 0 Å². The number of esters is 1. The van der Waals surface area contributed by atoms with E-state index >= 15 is 0 Å². The van der Waals surface area contributed by atoms with Crippen molar-refractivity contribution in [2.45, 2.75) is 37.9 Å². The molecule has 3 heteroatoms. The van der Waals surface area contributed by atoms with Crippen LogP contribution in [0.3, 0.4) is 0 Å². The van der Waals surface area contributed by atoms with Gasteiger partial charge in [0.1, 0.15) is 0 Å². The number of fused-ring (bicyclic) bond motifs is 2. The van der Waals surface area contributed by atoms with Crippen molar-refractivity contribution in [1.29, 1.82) is 0 Å². The average Bonchev–Trinajstić information content (AvgIpc) is 2.47. The van der Waals surface area contributed by atoms with Crippen LogP contribution in [0.4, 0.5) is 0 Å². The molecule has 2 rings (SSSR count). The summed E-state index contributed by atoms with van der Waals surface area (Å²) < 4.78 is 10.4. The summed E-state index contributed by atoms with van der Waals surface area (Å²) in [6.45, 7) is 0. The quantitative estimate of drug-likeness (QED) is 0.553. The maximum absolute atomic E-state index is 11.3. The highest BCUT2D eigenvalue weighted by Crippen LogP contribution is 2.36. The summed E-state index contributed by atoms with van der Waals surface area (Å²) in [6.07, 6.45) is 4.70. The molecule has 0 radical (unpaired) electrons. The third kappa shape index (κ3) is 1.22. The average molecular weight is 170 g/mol. The van der Waals surface area contributed by atoms with Crippen molar-refractivity contribution in [1.82, 2.24) is 0 Å². The fourth-order valence-corrected chi connectivity index (χ4v) is 2.21. The van der Waals surface area contributed by atoms with Gasteiger partial charge in [-0.2, -0.15) is 0 Å². The van der Waals surface area contributed by atoms with Gasteiger partial charge in [-0.05, 0) is 25.7 Å². The molecular formula is C9H14O3. The van der Waals surface area contributed by atoms with Gasteiger partial charge in [0, 0.05) is 0 Å². The van der Waals surface area contributed by atoms with Crippen LogP contribution in [0.25, 0.3) is 0 Å². The number of methoxy groups -OCH3 is 1. The second-order valence-electron chi connectivity index (χ2n) is 3.58. The maximum Gasteiger partial charge on any atom is 0.311 e. The van der Waals surface area contributed by atoms with Gasteiger partial charge < -0.3 is 9.47 Å². The summed E-state index contributed by atoms with van der Waals surface area (Å²) >= 11 is 0. The maximum atomic E-state index is 11.3. The van der Waals surface area contributed by atoms with Crippen LogP contribution in [0, 0.1) is 5.92 Å². The fraction of sp³-hybridized carbons (Fsp3) is 0.889. The summed E-state index contributed by atoms with van der Waals surface area (Å²) in [5.41, 5.74) is 0. The summed E-state index contributed by atoms with van der Waals surface area (Å²) in [5, 5.41) is 0. The van der Waals surface area contributed by atoms with E-state index in [9.17, 15) is 4.79 Å². The van der Waals surface area contributed by atoms with Gasteiger partial charge in [-0.3, -0.25) is 4.79 Å². The lowest BCUT2D eigenvalue weighted by molar-refractivity contribution is -0.154. The lowest BCUT2D eigenvalue weighted by atomic mass is 9.96. The van der Waals surface area contributed by atoms with Crippen LogP contribution in [0.5, 0.6) is 0 Å². The first-order chi connectivity index (χ1) is 5.81. The molecule has 2 bridgehead atoms. The van der Waals surface area contributed by atoms with Crippen LogP contribution in [0.2, 0.25) is 0 Å². The fourth-order valence-electron chi connectivity index (χ4n) is 2.21. The molecule has 68 valence electrons. The molecule has 0 aromatic rings. The molecule has 0 aromatic heterocycles. The smallest absolute Gasteiger partial charge is 0.311 e. The minimum absolute atomic E-state index is 0.00810. The van der Waals surface area contributed by atoms with Gasteiger partial charge in [0.15, 0.2) is 0 Å². The van der Waals surface area contributed by atoms with Crippen molar-refractivity contribution in [2.24, 2.45) is 5.92 Å². The first kappa shape index (κ1) is 8.05. The van der Waals surface area contributed by atoms with Crippen molar-refractivity contribution in [3.05, 3.63) is 0 Å². The van der Waals surface area contributed by atoms with Crippen LogP contribution in [0.15, 0.2) is 0 Å². The van der Waals surface area contributed by atoms with Crippen LogP contribution < -0.4 is 0 Å². The van der Waals surface area contributed by atoms with Crippen molar-refractivity contribution in [3.8, 4) is 0 Å². The number of carbonyl (C=O) groups is 1. The van der Waals surface area contributed by atoms with Gasteiger partial charge in [0.2, 0.25) is 0 Å². The van der Waals surface area contributed by atoms with Gasteiger partial charge in [-0.25, -0.2) is 0 Å². The molecule has 0 spiro atoms. The Morgan fingerprint density at radius 3 is 2.83 bits per heavy atom. The van der Waals surface area contributed by atoms with Gasteiger partial charge in [-0.1, -0.05) is 0 Å². The Kier molecular flexibility index (Phi) is 2.05. The van der Waals surface area contributed by atoms with E-state index in [0.717, 1.165) is 25.7 Å². The third-order valence-corrected chi connectivity index (χ3v) is 2.89. The summed E-state index contributed by atoms with van der Waals surface area (Å²) in [4.78, 5) is 11.3. The highest BCUT2D eigenvalue weighted by molar-refractivity contribution is 5.73. The Morgan fingerprint density at radius 1 is 1.33 bits per heavy atom. The van der Waals surface area contributed by atoms with Crippen LogP contribution in [-0.2, 0) is 14.3 Å². The van der Waals surface area contributed by atoms with Gasteiger partial charge in [0.25, 0.3) is 0 Å². The van der Waals surface area contributed by atoms with Crippen LogP contribution >= 0.6 is 0 Å². The summed E-state index contributed by atoms with van der Waals surface area (Å²) in [6, 6.07) is 0. The molecule has 0 N–H and O–H groups in total. The van der Waals surface area contributed by atoms with E-state index in [0.29, 0.717) is 6.10 Å². The number of rotatable bonds is 1. The van der Waals surface area contributed by atoms with Crippen molar-refractivity contribution >= 4 is 5.97 Å². The molecular weight excluding hydrogens is 156 g/mol. The van der Waals surface area contributed by atoms with E-state index < -0.39 is 0 Å². The second-order valence-corrected chi connectivity index (χ2v) is 3.58. The monoisotopic (exact) mass is 170 g/mol. The highest BCUT2D eigenvalue weighted by atomic mass is 16.5. The molecule has 2 aliphatic rings. The van der Waals surface area contributed by atoms with E-state index in [-0.39, 0.29) is 18.0 Å². The highest BCUT2D eigenvalue weighted by Gasteiger charge is 2.40. The lowest BCUT2D eigenvalue weighted by Gasteiger charge is -2.26. The summed E-state index contributed by atoms with van der Waals surface area (Å²) in [5.74, 6) is -0.0888. The Labute approximate surface area is 72.0 Å². The first-order valence-corrected chi connectivity index (χ1v) is 4.54. The Balaban J connectivity index is 2.02. The Hall–Kier alpha value is -0.570. The van der Waals surface area contributed by atoms with E-state index in [1.165, 1.54) is 7.11 Å². The molecule has 0 aliphatic carbocycles. The molecule has 3 nitrogen and oxygen atoms in total. The molecule has 2 aliphatic heterocycles. The van der Waals surface area contributed by atoms with Crippen LogP contribution in [-0.4, -0.2) is 25.3 Å². The van der Waals surface area contributed by atoms with E-state index in [2.05, 4.69) is 0 Å². The number of carbonyl (C=O) groups excluding carboxylic acids is 1. The second kappa shape index (κ2) is 3.05. The van der Waals surface area contributed by atoms with E-state index in [4.69, 9.17) is 9.47 Å². The normalized spacial score (nSPS) is 39.6. The first-order valence-electron chi connectivity index (χ1n) is 4.54. The molecule has 12 heavy (non-hydrogen) atoms. The number of ether oxygens (including phenoxy) is 2. The van der Waals surface area contributed by atoms with Gasteiger partial charge in [0.05, 0.1) is 25.2 Å². The van der Waals surface area contributed by atoms with E-state index in [1.807, 2.05) is 0 Å². The zero-order valence-electron chi connectivity index (χ0n) is 7.29. The minimum atomic E-state index is -0.0969. The predicted molar refractivity (Wildman–Crippen MR) is 42.6 cm³/mol. The van der Waals surface area contributed by atoms with Crippen molar-refractivity contribution < 1.29 is 14.3 Å². The molecule has 0 amide bonds. The molecule has 2 saturated heterocycles. The number of hydrogen-bond acceptors (Lipinski definition) is 3. The van der Waals surface area contributed by atoms with Crippen LogP contribution in [0.1, 0.15) is 25.7 Å². The predicted octanol–water partition coefficient (Wildman–Crippen LogP) is 1.12. The standard InChI is InChI=1S/C9H14O3/c1-11-9(10)7-4-2-6-3-5-8(7)12-6/h6-8H,2-5H2,1H3. The molecule has 2 heterocycles. The lowest BCUT2D eigenvalue weighted by Crippen LogP contribution is -2.33. The summed E-state index contributed by atoms with van der Waals surface area (Å²) in [7, 11) is 1.45. The minimum Gasteiger partial charge on any atom is -0.469 e. The zero-order chi connectivity index (χ0) is 8.55. The topological polar surface area (TPSA) is 35.5 Å². The molecule has 2 fully saturated rings. The van der Waals surface area contributed by atoms with Gasteiger partial charge >= 0.3 is 5.97 Å². The molecule has 0 saturated carbocycles. The van der Waals surface area contributed by atoms with Crippen molar-refractivity contribution in [2.75, 3.05) is 7.11 Å². The zero-order valence-corrected chi connectivity index (χ0v) is 7.29. The largest absolute Gasteiger partial charge is 0.469 e. The Bertz CT molecular complexity index is 190. The van der Waals surface area contributed by atoms with Crippen molar-refractivity contribution in [3.63, 3.8) is 0 Å². The SMILES string of the molecule is COC(=O)C1CCC2CCC1O2. The molecule has 0 aromatic carbocycles. The third-order valence-electron chi connectivity index (χ3n) is 2.89. The molecule has 3 atom stereocenters. The Morgan fingerprint density at radius 2 is 2.08 bits per heavy atom. The molecule has 3 unspecified atom stereocenters. The van der Waals surface area contributed by atoms with Gasteiger partial charge in [-0.15, -0.1) is 0 Å². The number of hydrogen-bond donors (Lipinski definition) is 0.